The molecular formula is C13H14N2O2S. The molecule has 0 aliphatic carbocycles. The second-order valence-electron chi connectivity index (χ2n) is 3.74. The molecule has 0 amide bonds. The Balaban J connectivity index is 2.37. The molecule has 2 rings (SSSR count). The van der Waals surface area contributed by atoms with Gasteiger partial charge in [0.2, 0.25) is 0 Å². The van der Waals surface area contributed by atoms with Gasteiger partial charge in [0.05, 0.1) is 5.75 Å². The van der Waals surface area contributed by atoms with Crippen molar-refractivity contribution in [1.29, 1.82) is 0 Å². The van der Waals surface area contributed by atoms with Crippen molar-refractivity contribution in [2.75, 3.05) is 5.75 Å². The molecule has 0 fully saturated rings. The quantitative estimate of drug-likeness (QED) is 0.842. The Morgan fingerprint density at radius 3 is 2.72 bits per heavy atom. The van der Waals surface area contributed by atoms with Crippen molar-refractivity contribution in [3.63, 3.8) is 0 Å². The zero-order valence-corrected chi connectivity index (χ0v) is 10.9. The average molecular weight is 262 g/mol. The van der Waals surface area contributed by atoms with Gasteiger partial charge in [-0.15, -0.1) is 0 Å². The van der Waals surface area contributed by atoms with E-state index in [0.717, 1.165) is 23.0 Å². The van der Waals surface area contributed by atoms with E-state index in [9.17, 15) is 4.79 Å². The normalized spacial score (nSPS) is 10.5. The number of hydrogen-bond acceptors (Lipinski definition) is 3. The Morgan fingerprint density at radius 1 is 1.39 bits per heavy atom. The topological polar surface area (TPSA) is 55.1 Å². The average Bonchev–Trinajstić information content (AvgIpc) is 2.80. The summed E-state index contributed by atoms with van der Waals surface area (Å²) in [7, 11) is 0. The molecule has 0 unspecified atom stereocenters. The van der Waals surface area contributed by atoms with E-state index in [1.54, 1.807) is 6.20 Å². The van der Waals surface area contributed by atoms with E-state index in [1.807, 2.05) is 34.9 Å². The number of para-hydroxylation sites is 1. The van der Waals surface area contributed by atoms with Crippen molar-refractivity contribution in [2.45, 2.75) is 18.5 Å². The van der Waals surface area contributed by atoms with E-state index in [4.69, 9.17) is 5.11 Å². The number of carboxylic acids is 1. The summed E-state index contributed by atoms with van der Waals surface area (Å²) in [6.45, 7) is 2.06. The molecule has 94 valence electrons. The Kier molecular flexibility index (Phi) is 4.04. The summed E-state index contributed by atoms with van der Waals surface area (Å²) in [5.41, 5.74) is 2.09. The number of aryl methyl sites for hydroxylation is 1. The van der Waals surface area contributed by atoms with Crippen LogP contribution in [0.5, 0.6) is 0 Å². The fraction of sp³-hybridized carbons (Fsp3) is 0.231. The predicted molar refractivity (Wildman–Crippen MR) is 71.3 cm³/mol. The largest absolute Gasteiger partial charge is 0.481 e. The van der Waals surface area contributed by atoms with Gasteiger partial charge in [0.25, 0.3) is 0 Å². The smallest absolute Gasteiger partial charge is 0.313 e. The second-order valence-corrected chi connectivity index (χ2v) is 4.68. The van der Waals surface area contributed by atoms with Crippen LogP contribution in [0.1, 0.15) is 12.6 Å². The zero-order chi connectivity index (χ0) is 13.0. The molecule has 5 heteroatoms. The molecule has 1 N–H and O–H groups in total. The van der Waals surface area contributed by atoms with Crippen molar-refractivity contribution < 1.29 is 9.90 Å². The Bertz CT molecular complexity index is 537. The van der Waals surface area contributed by atoms with Crippen LogP contribution in [0.4, 0.5) is 0 Å². The van der Waals surface area contributed by atoms with E-state index in [2.05, 4.69) is 11.9 Å². The van der Waals surface area contributed by atoms with Crippen LogP contribution >= 0.6 is 11.8 Å². The highest BCUT2D eigenvalue weighted by Crippen LogP contribution is 2.23. The maximum absolute atomic E-state index is 10.6. The number of aliphatic carboxylic acids is 1. The number of thioether (sulfide) groups is 1. The summed E-state index contributed by atoms with van der Waals surface area (Å²) in [6, 6.07) is 9.86. The number of rotatable bonds is 5. The lowest BCUT2D eigenvalue weighted by Gasteiger charge is -2.10. The predicted octanol–water partition coefficient (Wildman–Crippen LogP) is 2.61. The Morgan fingerprint density at radius 2 is 2.11 bits per heavy atom. The molecule has 1 heterocycles. The number of aromatic nitrogens is 2. The molecule has 0 atom stereocenters. The van der Waals surface area contributed by atoms with Crippen molar-refractivity contribution in [3.05, 3.63) is 42.2 Å². The van der Waals surface area contributed by atoms with E-state index < -0.39 is 5.97 Å². The first-order valence-corrected chi connectivity index (χ1v) is 6.67. The lowest BCUT2D eigenvalue weighted by molar-refractivity contribution is -0.133. The summed E-state index contributed by atoms with van der Waals surface area (Å²) in [6.07, 6.45) is 2.66. The number of benzene rings is 1. The van der Waals surface area contributed by atoms with Crippen LogP contribution in [0, 0.1) is 0 Å². The minimum atomic E-state index is -0.833. The van der Waals surface area contributed by atoms with Crippen LogP contribution in [0.15, 0.2) is 41.7 Å². The lowest BCUT2D eigenvalue weighted by Crippen LogP contribution is -2.03. The van der Waals surface area contributed by atoms with E-state index in [-0.39, 0.29) is 5.75 Å². The van der Waals surface area contributed by atoms with Crippen molar-refractivity contribution >= 4 is 17.7 Å². The van der Waals surface area contributed by atoms with Crippen molar-refractivity contribution in [1.82, 2.24) is 9.55 Å². The van der Waals surface area contributed by atoms with Crippen LogP contribution in [-0.2, 0) is 11.2 Å². The highest BCUT2D eigenvalue weighted by molar-refractivity contribution is 7.99. The third-order valence-corrected chi connectivity index (χ3v) is 3.44. The Hall–Kier alpha value is -1.75. The summed E-state index contributed by atoms with van der Waals surface area (Å²) >= 11 is 1.24. The molecule has 18 heavy (non-hydrogen) atoms. The van der Waals surface area contributed by atoms with Crippen LogP contribution in [-0.4, -0.2) is 26.4 Å². The molecule has 4 nitrogen and oxygen atoms in total. The molecule has 0 aliphatic heterocycles. The molecule has 1 aromatic carbocycles. The minimum absolute atomic E-state index is 0.0208. The molecule has 0 saturated heterocycles. The van der Waals surface area contributed by atoms with Crippen LogP contribution < -0.4 is 0 Å². The van der Waals surface area contributed by atoms with E-state index >= 15 is 0 Å². The highest BCUT2D eigenvalue weighted by atomic mass is 32.2. The van der Waals surface area contributed by atoms with Gasteiger partial charge >= 0.3 is 5.97 Å². The van der Waals surface area contributed by atoms with Gasteiger partial charge in [-0.1, -0.05) is 36.9 Å². The lowest BCUT2D eigenvalue weighted by atomic mass is 10.3. The first kappa shape index (κ1) is 12.7. The number of carboxylic acid groups (broad SMARTS) is 1. The molecule has 0 radical (unpaired) electrons. The van der Waals surface area contributed by atoms with Gasteiger partial charge in [-0.3, -0.25) is 9.36 Å². The van der Waals surface area contributed by atoms with E-state index in [1.165, 1.54) is 11.8 Å². The second kappa shape index (κ2) is 5.73. The molecule has 0 spiro atoms. The monoisotopic (exact) mass is 262 g/mol. The maximum atomic E-state index is 10.6. The minimum Gasteiger partial charge on any atom is -0.481 e. The van der Waals surface area contributed by atoms with Gasteiger partial charge in [-0.25, -0.2) is 4.98 Å². The Labute approximate surface area is 110 Å². The van der Waals surface area contributed by atoms with Gasteiger partial charge < -0.3 is 5.11 Å². The molecular weight excluding hydrogens is 248 g/mol. The third-order valence-electron chi connectivity index (χ3n) is 2.50. The van der Waals surface area contributed by atoms with Gasteiger partial charge in [-0.2, -0.15) is 0 Å². The zero-order valence-electron chi connectivity index (χ0n) is 10.0. The van der Waals surface area contributed by atoms with Gasteiger partial charge in [0.15, 0.2) is 5.16 Å². The maximum Gasteiger partial charge on any atom is 0.313 e. The summed E-state index contributed by atoms with van der Waals surface area (Å²) in [5.74, 6) is -0.812. The molecule has 2 aromatic rings. The van der Waals surface area contributed by atoms with Crippen LogP contribution in [0.2, 0.25) is 0 Å². The van der Waals surface area contributed by atoms with Gasteiger partial charge in [0.1, 0.15) is 0 Å². The van der Waals surface area contributed by atoms with E-state index in [0.29, 0.717) is 0 Å². The van der Waals surface area contributed by atoms with Gasteiger partial charge in [-0.05, 0) is 18.6 Å². The van der Waals surface area contributed by atoms with Crippen molar-refractivity contribution in [3.8, 4) is 5.69 Å². The molecule has 1 aromatic heterocycles. The van der Waals surface area contributed by atoms with Crippen LogP contribution in [0.3, 0.4) is 0 Å². The molecule has 0 aliphatic rings. The first-order valence-electron chi connectivity index (χ1n) is 5.69. The molecule has 0 saturated carbocycles. The third kappa shape index (κ3) is 2.73. The summed E-state index contributed by atoms with van der Waals surface area (Å²) in [4.78, 5) is 14.9. The number of imidazole rings is 1. The number of hydrogen-bond donors (Lipinski definition) is 1. The fourth-order valence-electron chi connectivity index (χ4n) is 1.70. The number of carbonyl (C=O) groups is 1. The summed E-state index contributed by atoms with van der Waals surface area (Å²) < 4.78 is 2.01. The SMILES string of the molecule is CCc1cnc(SCC(=O)O)n1-c1ccccc1. The highest BCUT2D eigenvalue weighted by Gasteiger charge is 2.12. The fourth-order valence-corrected chi connectivity index (χ4v) is 2.43. The number of nitrogens with zero attached hydrogens (tertiary/aromatic N) is 2. The molecule has 0 bridgehead atoms. The standard InChI is InChI=1S/C13H14N2O2S/c1-2-10-8-14-13(18-9-12(16)17)15(10)11-6-4-3-5-7-11/h3-8H,2,9H2,1H3,(H,16,17). The first-order chi connectivity index (χ1) is 8.72. The summed E-state index contributed by atoms with van der Waals surface area (Å²) in [5, 5.41) is 9.47. The van der Waals surface area contributed by atoms with Crippen LogP contribution in [0.25, 0.3) is 5.69 Å². The van der Waals surface area contributed by atoms with Gasteiger partial charge in [0, 0.05) is 17.6 Å². The van der Waals surface area contributed by atoms with Crippen molar-refractivity contribution in [2.24, 2.45) is 0 Å².